The highest BCUT2D eigenvalue weighted by Crippen LogP contribution is 2.29. The molecule has 6 nitrogen and oxygen atoms in total. The number of rotatable bonds is 5. The Morgan fingerprint density at radius 3 is 2.62 bits per heavy atom. The number of benzene rings is 2. The Morgan fingerprint density at radius 1 is 1.15 bits per heavy atom. The summed E-state index contributed by atoms with van der Waals surface area (Å²) in [4.78, 5) is 14.4. The molecule has 134 valence electrons. The lowest BCUT2D eigenvalue weighted by molar-refractivity contribution is 0.207. The van der Waals surface area contributed by atoms with Crippen LogP contribution < -0.4 is 10.1 Å². The van der Waals surface area contributed by atoms with E-state index >= 15 is 0 Å². The number of urea groups is 1. The van der Waals surface area contributed by atoms with Crippen molar-refractivity contribution in [2.75, 3.05) is 19.5 Å². The van der Waals surface area contributed by atoms with Crippen LogP contribution in [-0.2, 0) is 0 Å². The molecule has 0 saturated heterocycles. The molecule has 1 N–H and O–H groups in total. The van der Waals surface area contributed by atoms with Crippen LogP contribution >= 0.6 is 0 Å². The van der Waals surface area contributed by atoms with Crippen LogP contribution in [-0.4, -0.2) is 34.9 Å². The van der Waals surface area contributed by atoms with Crippen molar-refractivity contribution >= 4 is 11.7 Å². The molecule has 2 amide bonds. The van der Waals surface area contributed by atoms with Crippen LogP contribution in [0.3, 0.4) is 0 Å². The predicted octanol–water partition coefficient (Wildman–Crippen LogP) is 4.11. The van der Waals surface area contributed by atoms with Gasteiger partial charge in [-0.3, -0.25) is 0 Å². The summed E-state index contributed by atoms with van der Waals surface area (Å²) in [5, 5.41) is 7.21. The van der Waals surface area contributed by atoms with E-state index in [9.17, 15) is 4.79 Å². The predicted molar refractivity (Wildman–Crippen MR) is 102 cm³/mol. The van der Waals surface area contributed by atoms with Crippen LogP contribution in [0.4, 0.5) is 10.5 Å². The summed E-state index contributed by atoms with van der Waals surface area (Å²) in [5.74, 6) is 0.761. The van der Waals surface area contributed by atoms with Crippen molar-refractivity contribution < 1.29 is 9.53 Å². The maximum Gasteiger partial charge on any atom is 0.322 e. The lowest BCUT2D eigenvalue weighted by Crippen LogP contribution is -2.34. The average Bonchev–Trinajstić information content (AvgIpc) is 3.21. The maximum absolute atomic E-state index is 12.8. The number of carbonyl (C=O) groups excluding carboxylic acids is 1. The van der Waals surface area contributed by atoms with Crippen LogP contribution in [0.2, 0.25) is 0 Å². The van der Waals surface area contributed by atoms with Crippen LogP contribution in [0.1, 0.15) is 18.5 Å². The summed E-state index contributed by atoms with van der Waals surface area (Å²) in [6.45, 7) is 1.97. The molecule has 1 aromatic heterocycles. The molecule has 0 fully saturated rings. The van der Waals surface area contributed by atoms with Gasteiger partial charge in [0.2, 0.25) is 0 Å². The number of nitrogens with zero attached hydrogens (tertiary/aromatic N) is 3. The first-order valence-electron chi connectivity index (χ1n) is 8.37. The third-order valence-electron chi connectivity index (χ3n) is 4.39. The summed E-state index contributed by atoms with van der Waals surface area (Å²) >= 11 is 0. The second-order valence-corrected chi connectivity index (χ2v) is 5.93. The molecule has 0 saturated carbocycles. The van der Waals surface area contributed by atoms with Gasteiger partial charge in [0, 0.05) is 25.0 Å². The van der Waals surface area contributed by atoms with Gasteiger partial charge in [-0.25, -0.2) is 9.48 Å². The Balaban J connectivity index is 1.80. The number of amides is 2. The number of aromatic nitrogens is 2. The van der Waals surface area contributed by atoms with Gasteiger partial charge >= 0.3 is 6.03 Å². The average molecular weight is 350 g/mol. The van der Waals surface area contributed by atoms with E-state index in [1.165, 1.54) is 0 Å². The summed E-state index contributed by atoms with van der Waals surface area (Å²) in [6, 6.07) is 16.8. The highest BCUT2D eigenvalue weighted by molar-refractivity contribution is 5.91. The SMILES string of the molecule is COc1ccccc1[C@@H](C)N(C)C(=O)Nc1ccccc1-n1cccn1. The van der Waals surface area contributed by atoms with Crippen molar-refractivity contribution in [3.8, 4) is 11.4 Å². The van der Waals surface area contributed by atoms with E-state index in [1.807, 2.05) is 67.7 Å². The smallest absolute Gasteiger partial charge is 0.322 e. The quantitative estimate of drug-likeness (QED) is 0.753. The van der Waals surface area contributed by atoms with Crippen molar-refractivity contribution in [2.24, 2.45) is 0 Å². The highest BCUT2D eigenvalue weighted by Gasteiger charge is 2.21. The lowest BCUT2D eigenvalue weighted by Gasteiger charge is -2.27. The molecular weight excluding hydrogens is 328 g/mol. The minimum Gasteiger partial charge on any atom is -0.496 e. The van der Waals surface area contributed by atoms with Crippen molar-refractivity contribution in [1.82, 2.24) is 14.7 Å². The topological polar surface area (TPSA) is 59.4 Å². The Morgan fingerprint density at radius 2 is 1.88 bits per heavy atom. The van der Waals surface area contributed by atoms with Gasteiger partial charge in [-0.15, -0.1) is 0 Å². The van der Waals surface area contributed by atoms with E-state index in [-0.39, 0.29) is 12.1 Å². The first-order valence-corrected chi connectivity index (χ1v) is 8.37. The summed E-state index contributed by atoms with van der Waals surface area (Å²) in [7, 11) is 3.40. The Hall–Kier alpha value is -3.28. The maximum atomic E-state index is 12.8. The Kier molecular flexibility index (Phi) is 5.22. The third kappa shape index (κ3) is 3.54. The molecule has 3 aromatic rings. The molecule has 0 radical (unpaired) electrons. The largest absolute Gasteiger partial charge is 0.496 e. The fourth-order valence-corrected chi connectivity index (χ4v) is 2.79. The van der Waals surface area contributed by atoms with Gasteiger partial charge in [-0.05, 0) is 31.2 Å². The van der Waals surface area contributed by atoms with E-state index in [2.05, 4.69) is 10.4 Å². The molecule has 0 spiro atoms. The molecular formula is C20H22N4O2. The van der Waals surface area contributed by atoms with E-state index in [0.29, 0.717) is 5.69 Å². The van der Waals surface area contributed by atoms with E-state index < -0.39 is 0 Å². The number of nitrogens with one attached hydrogen (secondary N) is 1. The second kappa shape index (κ2) is 7.74. The standard InChI is InChI=1S/C20H22N4O2/c1-15(16-9-4-7-12-19(16)26-3)23(2)20(25)22-17-10-5-6-11-18(17)24-14-8-13-21-24/h4-15H,1-3H3,(H,22,25)/t15-/m1/s1. The zero-order valence-electron chi connectivity index (χ0n) is 15.1. The third-order valence-corrected chi connectivity index (χ3v) is 4.39. The Bertz CT molecular complexity index is 877. The number of methoxy groups -OCH3 is 1. The fraction of sp³-hybridized carbons (Fsp3) is 0.200. The number of hydrogen-bond donors (Lipinski definition) is 1. The number of anilines is 1. The zero-order chi connectivity index (χ0) is 18.5. The normalized spacial score (nSPS) is 11.7. The fourth-order valence-electron chi connectivity index (χ4n) is 2.79. The van der Waals surface area contributed by atoms with Crippen molar-refractivity contribution in [2.45, 2.75) is 13.0 Å². The number of hydrogen-bond acceptors (Lipinski definition) is 3. The van der Waals surface area contributed by atoms with E-state index in [4.69, 9.17) is 4.74 Å². The monoisotopic (exact) mass is 350 g/mol. The van der Waals surface area contributed by atoms with Gasteiger partial charge in [0.15, 0.2) is 0 Å². The number of para-hydroxylation sites is 3. The molecule has 26 heavy (non-hydrogen) atoms. The summed E-state index contributed by atoms with van der Waals surface area (Å²) in [5.41, 5.74) is 2.46. The van der Waals surface area contributed by atoms with Crippen LogP contribution in [0.25, 0.3) is 5.69 Å². The number of ether oxygens (including phenoxy) is 1. The van der Waals surface area contributed by atoms with Gasteiger partial charge in [0.25, 0.3) is 0 Å². The van der Waals surface area contributed by atoms with Crippen molar-refractivity contribution in [3.05, 3.63) is 72.6 Å². The van der Waals surface area contributed by atoms with Crippen molar-refractivity contribution in [3.63, 3.8) is 0 Å². The molecule has 1 heterocycles. The molecule has 0 aliphatic rings. The van der Waals surface area contributed by atoms with Crippen LogP contribution in [0.15, 0.2) is 67.0 Å². The first kappa shape index (κ1) is 17.5. The second-order valence-electron chi connectivity index (χ2n) is 5.93. The molecule has 3 rings (SSSR count). The van der Waals surface area contributed by atoms with Gasteiger partial charge in [0.05, 0.1) is 24.5 Å². The van der Waals surface area contributed by atoms with Gasteiger partial charge in [-0.1, -0.05) is 30.3 Å². The molecule has 1 atom stereocenters. The summed E-state index contributed by atoms with van der Waals surface area (Å²) < 4.78 is 7.13. The molecule has 0 aliphatic carbocycles. The molecule has 0 aliphatic heterocycles. The number of carbonyl (C=O) groups is 1. The molecule has 6 heteroatoms. The Labute approximate surface area is 153 Å². The summed E-state index contributed by atoms with van der Waals surface area (Å²) in [6.07, 6.45) is 3.54. The highest BCUT2D eigenvalue weighted by atomic mass is 16.5. The minimum atomic E-state index is -0.206. The van der Waals surface area contributed by atoms with Crippen LogP contribution in [0, 0.1) is 0 Å². The minimum absolute atomic E-state index is 0.150. The molecule has 0 bridgehead atoms. The molecule has 0 unspecified atom stereocenters. The lowest BCUT2D eigenvalue weighted by atomic mass is 10.1. The molecule has 2 aromatic carbocycles. The van der Waals surface area contributed by atoms with Crippen molar-refractivity contribution in [1.29, 1.82) is 0 Å². The van der Waals surface area contributed by atoms with Gasteiger partial charge in [-0.2, -0.15) is 5.10 Å². The van der Waals surface area contributed by atoms with Crippen LogP contribution in [0.5, 0.6) is 5.75 Å². The van der Waals surface area contributed by atoms with Gasteiger partial charge in [0.1, 0.15) is 5.75 Å². The van der Waals surface area contributed by atoms with E-state index in [1.54, 1.807) is 29.9 Å². The zero-order valence-corrected chi connectivity index (χ0v) is 15.1. The first-order chi connectivity index (χ1) is 12.6. The van der Waals surface area contributed by atoms with Gasteiger partial charge < -0.3 is 15.0 Å². The van der Waals surface area contributed by atoms with E-state index in [0.717, 1.165) is 17.0 Å².